The van der Waals surface area contributed by atoms with Crippen LogP contribution in [0.4, 0.5) is 5.82 Å². The van der Waals surface area contributed by atoms with Crippen LogP contribution in [-0.2, 0) is 6.42 Å². The Morgan fingerprint density at radius 3 is 2.94 bits per heavy atom. The molecule has 2 rings (SSSR count). The highest BCUT2D eigenvalue weighted by molar-refractivity contribution is 5.72. The molecule has 0 fully saturated rings. The average Bonchev–Trinajstić information content (AvgIpc) is 2.69. The van der Waals surface area contributed by atoms with Gasteiger partial charge in [0.05, 0.1) is 5.52 Å². The van der Waals surface area contributed by atoms with Gasteiger partial charge in [-0.15, -0.1) is 0 Å². The molecule has 0 saturated carbocycles. The largest absolute Gasteiger partial charge is 0.373 e. The lowest BCUT2D eigenvalue weighted by Gasteiger charge is -2.03. The van der Waals surface area contributed by atoms with E-state index in [9.17, 15) is 0 Å². The summed E-state index contributed by atoms with van der Waals surface area (Å²) in [5.41, 5.74) is 7.32. The summed E-state index contributed by atoms with van der Waals surface area (Å²) in [4.78, 5) is 12.1. The number of hydrogen-bond donors (Lipinski definition) is 3. The number of aromatic nitrogens is 3. The summed E-state index contributed by atoms with van der Waals surface area (Å²) in [7, 11) is 1.85. The van der Waals surface area contributed by atoms with Crippen molar-refractivity contribution in [2.75, 3.05) is 18.9 Å². The number of hydrogen-bond acceptors (Lipinski definition) is 4. The molecule has 0 radical (unpaired) electrons. The molecule has 0 aliphatic heterocycles. The molecule has 0 amide bonds. The molecule has 5 nitrogen and oxygen atoms in total. The quantitative estimate of drug-likeness (QED) is 0.720. The van der Waals surface area contributed by atoms with Gasteiger partial charge in [0.2, 0.25) is 0 Å². The SMILES string of the molecule is CNc1ccc2[nH]c(CC(C)CN)nc2n1. The summed E-state index contributed by atoms with van der Waals surface area (Å²) < 4.78 is 0. The lowest BCUT2D eigenvalue weighted by atomic mass is 10.1. The van der Waals surface area contributed by atoms with E-state index in [1.807, 2.05) is 19.2 Å². The molecular weight excluding hydrogens is 202 g/mol. The first-order chi connectivity index (χ1) is 7.72. The normalized spacial score (nSPS) is 12.9. The van der Waals surface area contributed by atoms with E-state index >= 15 is 0 Å². The van der Waals surface area contributed by atoms with Crippen molar-refractivity contribution in [1.29, 1.82) is 0 Å². The van der Waals surface area contributed by atoms with E-state index in [1.165, 1.54) is 0 Å². The van der Waals surface area contributed by atoms with Crippen LogP contribution in [0.15, 0.2) is 12.1 Å². The molecule has 1 atom stereocenters. The molecular formula is C11H17N5. The van der Waals surface area contributed by atoms with E-state index in [1.54, 1.807) is 0 Å². The molecule has 0 spiro atoms. The maximum atomic E-state index is 5.59. The van der Waals surface area contributed by atoms with Crippen LogP contribution in [-0.4, -0.2) is 28.5 Å². The number of nitrogens with two attached hydrogens (primary N) is 1. The monoisotopic (exact) mass is 219 g/mol. The summed E-state index contributed by atoms with van der Waals surface area (Å²) in [6.45, 7) is 2.78. The van der Waals surface area contributed by atoms with Crippen LogP contribution in [0.1, 0.15) is 12.7 Å². The van der Waals surface area contributed by atoms with Crippen LogP contribution in [0.25, 0.3) is 11.2 Å². The zero-order valence-corrected chi connectivity index (χ0v) is 9.62. The van der Waals surface area contributed by atoms with E-state index in [2.05, 4.69) is 27.2 Å². The molecule has 0 aliphatic carbocycles. The minimum atomic E-state index is 0.435. The molecule has 2 aromatic rings. The Bertz CT molecular complexity index is 476. The third kappa shape index (κ3) is 2.14. The summed E-state index contributed by atoms with van der Waals surface area (Å²) in [6, 6.07) is 3.91. The molecule has 0 bridgehead atoms. The molecule has 4 N–H and O–H groups in total. The summed E-state index contributed by atoms with van der Waals surface area (Å²) in [5.74, 6) is 2.22. The lowest BCUT2D eigenvalue weighted by Crippen LogP contribution is -2.13. The van der Waals surface area contributed by atoms with Gasteiger partial charge in [-0.05, 0) is 24.6 Å². The molecule has 16 heavy (non-hydrogen) atoms. The van der Waals surface area contributed by atoms with E-state index in [0.717, 1.165) is 29.2 Å². The van der Waals surface area contributed by atoms with Crippen molar-refractivity contribution in [2.45, 2.75) is 13.3 Å². The van der Waals surface area contributed by atoms with Gasteiger partial charge in [-0.1, -0.05) is 6.92 Å². The fourth-order valence-corrected chi connectivity index (χ4v) is 1.59. The van der Waals surface area contributed by atoms with Crippen LogP contribution < -0.4 is 11.1 Å². The highest BCUT2D eigenvalue weighted by atomic mass is 15.0. The van der Waals surface area contributed by atoms with Crippen LogP contribution >= 0.6 is 0 Å². The molecule has 86 valence electrons. The van der Waals surface area contributed by atoms with Gasteiger partial charge in [0.1, 0.15) is 11.6 Å². The van der Waals surface area contributed by atoms with Gasteiger partial charge >= 0.3 is 0 Å². The first kappa shape index (κ1) is 10.9. The molecule has 0 aliphatic rings. The third-order valence-electron chi connectivity index (χ3n) is 2.60. The van der Waals surface area contributed by atoms with E-state index < -0.39 is 0 Å². The molecule has 2 heterocycles. The van der Waals surface area contributed by atoms with E-state index in [0.29, 0.717) is 12.5 Å². The number of rotatable bonds is 4. The van der Waals surface area contributed by atoms with Gasteiger partial charge < -0.3 is 16.0 Å². The topological polar surface area (TPSA) is 79.6 Å². The number of anilines is 1. The second kappa shape index (κ2) is 4.49. The van der Waals surface area contributed by atoms with Crippen molar-refractivity contribution in [3.63, 3.8) is 0 Å². The number of aromatic amines is 1. The smallest absolute Gasteiger partial charge is 0.179 e. The Labute approximate surface area is 94.5 Å². The predicted molar refractivity (Wildman–Crippen MR) is 65.4 cm³/mol. The van der Waals surface area contributed by atoms with Gasteiger partial charge in [-0.3, -0.25) is 0 Å². The zero-order chi connectivity index (χ0) is 11.5. The number of fused-ring (bicyclic) bond motifs is 1. The van der Waals surface area contributed by atoms with Crippen molar-refractivity contribution in [3.05, 3.63) is 18.0 Å². The zero-order valence-electron chi connectivity index (χ0n) is 9.62. The summed E-state index contributed by atoms with van der Waals surface area (Å²) in [6.07, 6.45) is 0.863. The molecule has 2 aromatic heterocycles. The number of pyridine rings is 1. The Morgan fingerprint density at radius 2 is 2.25 bits per heavy atom. The first-order valence-electron chi connectivity index (χ1n) is 5.46. The van der Waals surface area contributed by atoms with Gasteiger partial charge in [0, 0.05) is 13.5 Å². The van der Waals surface area contributed by atoms with Gasteiger partial charge in [-0.2, -0.15) is 0 Å². The Balaban J connectivity index is 2.29. The highest BCUT2D eigenvalue weighted by Gasteiger charge is 2.07. The average molecular weight is 219 g/mol. The Morgan fingerprint density at radius 1 is 1.44 bits per heavy atom. The lowest BCUT2D eigenvalue weighted by molar-refractivity contribution is 0.578. The van der Waals surface area contributed by atoms with Crippen LogP contribution in [0, 0.1) is 5.92 Å². The van der Waals surface area contributed by atoms with Gasteiger partial charge in [0.15, 0.2) is 5.65 Å². The first-order valence-corrected chi connectivity index (χ1v) is 5.46. The molecule has 1 unspecified atom stereocenters. The van der Waals surface area contributed by atoms with Crippen LogP contribution in [0.2, 0.25) is 0 Å². The van der Waals surface area contributed by atoms with Crippen molar-refractivity contribution >= 4 is 17.0 Å². The minimum absolute atomic E-state index is 0.435. The van der Waals surface area contributed by atoms with E-state index in [4.69, 9.17) is 5.73 Å². The van der Waals surface area contributed by atoms with Crippen molar-refractivity contribution < 1.29 is 0 Å². The van der Waals surface area contributed by atoms with Gasteiger partial charge in [-0.25, -0.2) is 9.97 Å². The number of nitrogens with zero attached hydrogens (tertiary/aromatic N) is 2. The summed E-state index contributed by atoms with van der Waals surface area (Å²) >= 11 is 0. The standard InChI is InChI=1S/C11H17N5/c1-7(6-12)5-10-14-8-3-4-9(13-2)15-11(8)16-10/h3-4,7H,5-6,12H2,1-2H3,(H2,13,14,15,16). The fraction of sp³-hybridized carbons (Fsp3) is 0.455. The maximum Gasteiger partial charge on any atom is 0.179 e. The number of nitrogens with one attached hydrogen (secondary N) is 2. The number of imidazole rings is 1. The van der Waals surface area contributed by atoms with Crippen LogP contribution in [0.5, 0.6) is 0 Å². The summed E-state index contributed by atoms with van der Waals surface area (Å²) in [5, 5.41) is 3.00. The van der Waals surface area contributed by atoms with Crippen molar-refractivity contribution in [3.8, 4) is 0 Å². The van der Waals surface area contributed by atoms with Crippen molar-refractivity contribution in [2.24, 2.45) is 11.7 Å². The maximum absolute atomic E-state index is 5.59. The molecule has 5 heteroatoms. The third-order valence-corrected chi connectivity index (χ3v) is 2.60. The van der Waals surface area contributed by atoms with Gasteiger partial charge in [0.25, 0.3) is 0 Å². The molecule has 0 saturated heterocycles. The second-order valence-electron chi connectivity index (χ2n) is 4.05. The highest BCUT2D eigenvalue weighted by Crippen LogP contribution is 2.14. The Kier molecular flexibility index (Phi) is 3.05. The second-order valence-corrected chi connectivity index (χ2v) is 4.05. The van der Waals surface area contributed by atoms with E-state index in [-0.39, 0.29) is 0 Å². The number of H-pyrrole nitrogens is 1. The Hall–Kier alpha value is -1.62. The minimum Gasteiger partial charge on any atom is -0.373 e. The molecule has 0 aromatic carbocycles. The van der Waals surface area contributed by atoms with Crippen LogP contribution in [0.3, 0.4) is 0 Å². The predicted octanol–water partition coefficient (Wildman–Crippen LogP) is 1.14. The van der Waals surface area contributed by atoms with Crippen molar-refractivity contribution in [1.82, 2.24) is 15.0 Å². The fourth-order valence-electron chi connectivity index (χ4n) is 1.59.